The summed E-state index contributed by atoms with van der Waals surface area (Å²) < 4.78 is 17.1. The summed E-state index contributed by atoms with van der Waals surface area (Å²) >= 11 is 0. The van der Waals surface area contributed by atoms with E-state index in [9.17, 15) is 4.79 Å². The molecule has 4 nitrogen and oxygen atoms in total. The summed E-state index contributed by atoms with van der Waals surface area (Å²) in [6.07, 6.45) is 1.69. The molecule has 0 unspecified atom stereocenters. The second kappa shape index (κ2) is 5.47. The maximum atomic E-state index is 13.0. The first kappa shape index (κ1) is 15.2. The lowest BCUT2D eigenvalue weighted by atomic mass is 10.1. The molecule has 23 heavy (non-hydrogen) atoms. The highest BCUT2D eigenvalue weighted by atomic mass is 16.5. The van der Waals surface area contributed by atoms with Gasteiger partial charge in [0.2, 0.25) is 5.43 Å². The van der Waals surface area contributed by atoms with E-state index in [0.717, 1.165) is 0 Å². The summed E-state index contributed by atoms with van der Waals surface area (Å²) in [7, 11) is 1.53. The first-order chi connectivity index (χ1) is 11.0. The van der Waals surface area contributed by atoms with E-state index < -0.39 is 5.60 Å². The van der Waals surface area contributed by atoms with Crippen LogP contribution in [0.15, 0.2) is 58.3 Å². The van der Waals surface area contributed by atoms with Crippen molar-refractivity contribution >= 4 is 21.9 Å². The molecule has 0 aliphatic heterocycles. The molecule has 0 spiro atoms. The Bertz CT molecular complexity index is 951. The molecule has 0 atom stereocenters. The predicted octanol–water partition coefficient (Wildman–Crippen LogP) is 4.30. The van der Waals surface area contributed by atoms with Crippen LogP contribution in [0.2, 0.25) is 0 Å². The van der Waals surface area contributed by atoms with Gasteiger partial charge in [-0.05, 0) is 44.2 Å². The fourth-order valence-corrected chi connectivity index (χ4v) is 2.46. The van der Waals surface area contributed by atoms with Crippen molar-refractivity contribution in [1.82, 2.24) is 0 Å². The van der Waals surface area contributed by atoms with Crippen LogP contribution in [0.1, 0.15) is 13.8 Å². The molecule has 3 aromatic rings. The largest absolute Gasteiger partial charge is 0.496 e. The zero-order valence-electron chi connectivity index (χ0n) is 13.4. The molecule has 0 N–H and O–H groups in total. The predicted molar refractivity (Wildman–Crippen MR) is 91.4 cm³/mol. The van der Waals surface area contributed by atoms with Crippen molar-refractivity contribution in [3.05, 3.63) is 59.3 Å². The third-order valence-electron chi connectivity index (χ3n) is 3.73. The van der Waals surface area contributed by atoms with Crippen LogP contribution < -0.4 is 14.9 Å². The molecule has 1 heterocycles. The maximum absolute atomic E-state index is 13.0. The van der Waals surface area contributed by atoms with Gasteiger partial charge in [0.15, 0.2) is 0 Å². The first-order valence-electron chi connectivity index (χ1n) is 7.32. The van der Waals surface area contributed by atoms with Crippen molar-refractivity contribution in [2.24, 2.45) is 0 Å². The van der Waals surface area contributed by atoms with Gasteiger partial charge in [-0.15, -0.1) is 0 Å². The highest BCUT2D eigenvalue weighted by molar-refractivity contribution is 5.95. The number of methoxy groups -OCH3 is 1. The van der Waals surface area contributed by atoms with Gasteiger partial charge in [-0.25, -0.2) is 0 Å². The number of hydrogen-bond acceptors (Lipinski definition) is 4. The van der Waals surface area contributed by atoms with Crippen molar-refractivity contribution < 1.29 is 13.9 Å². The highest BCUT2D eigenvalue weighted by Gasteiger charge is 2.20. The number of rotatable bonds is 4. The minimum Gasteiger partial charge on any atom is -0.496 e. The molecular weight excluding hydrogens is 292 g/mol. The number of benzene rings is 2. The van der Waals surface area contributed by atoms with E-state index in [2.05, 4.69) is 6.58 Å². The molecule has 0 bridgehead atoms. The SMILES string of the molecule is C=CC(C)(C)Oc1cccc2oc3cccc(OC)c3c(=O)c12. The topological polar surface area (TPSA) is 48.7 Å². The van der Waals surface area contributed by atoms with Gasteiger partial charge in [0.25, 0.3) is 0 Å². The summed E-state index contributed by atoms with van der Waals surface area (Å²) in [4.78, 5) is 13.0. The molecule has 0 saturated heterocycles. The standard InChI is InChI=1S/C19H18O4/c1-5-19(2,3)23-15-11-7-10-14-17(15)18(20)16-12(21-4)8-6-9-13(16)22-14/h5-11H,1H2,2-4H3. The van der Waals surface area contributed by atoms with Crippen molar-refractivity contribution in [3.63, 3.8) is 0 Å². The van der Waals surface area contributed by atoms with Crippen LogP contribution in [0.4, 0.5) is 0 Å². The Morgan fingerprint density at radius 2 is 1.61 bits per heavy atom. The summed E-state index contributed by atoms with van der Waals surface area (Å²) in [6, 6.07) is 10.6. The molecule has 0 saturated carbocycles. The molecule has 0 fully saturated rings. The Hall–Kier alpha value is -2.75. The molecule has 0 radical (unpaired) electrons. The first-order valence-corrected chi connectivity index (χ1v) is 7.32. The van der Waals surface area contributed by atoms with E-state index in [1.807, 2.05) is 13.8 Å². The minimum absolute atomic E-state index is 0.172. The van der Waals surface area contributed by atoms with Crippen LogP contribution in [0.5, 0.6) is 11.5 Å². The summed E-state index contributed by atoms with van der Waals surface area (Å²) in [5.74, 6) is 0.949. The van der Waals surface area contributed by atoms with Crippen molar-refractivity contribution in [3.8, 4) is 11.5 Å². The Morgan fingerprint density at radius 3 is 2.17 bits per heavy atom. The maximum Gasteiger partial charge on any atom is 0.208 e. The normalized spacial score (nSPS) is 11.6. The van der Waals surface area contributed by atoms with E-state index in [4.69, 9.17) is 13.9 Å². The lowest BCUT2D eigenvalue weighted by molar-refractivity contribution is 0.165. The molecule has 1 aromatic heterocycles. The van der Waals surface area contributed by atoms with E-state index in [1.165, 1.54) is 7.11 Å². The smallest absolute Gasteiger partial charge is 0.208 e. The van der Waals surface area contributed by atoms with Crippen LogP contribution in [0.3, 0.4) is 0 Å². The molecule has 0 aliphatic carbocycles. The Balaban J connectivity index is 2.39. The molecule has 0 aliphatic rings. The average molecular weight is 310 g/mol. The molecule has 4 heteroatoms. The van der Waals surface area contributed by atoms with Crippen LogP contribution in [0.25, 0.3) is 21.9 Å². The molecule has 118 valence electrons. The Labute approximate surface area is 133 Å². The van der Waals surface area contributed by atoms with Crippen molar-refractivity contribution in [2.75, 3.05) is 7.11 Å². The van der Waals surface area contributed by atoms with Crippen LogP contribution in [-0.2, 0) is 0 Å². The Kier molecular flexibility index (Phi) is 3.60. The molecule has 0 amide bonds. The zero-order valence-corrected chi connectivity index (χ0v) is 13.4. The zero-order chi connectivity index (χ0) is 16.6. The third kappa shape index (κ3) is 2.57. The monoisotopic (exact) mass is 310 g/mol. The quantitative estimate of drug-likeness (QED) is 0.532. The molecule has 3 rings (SSSR count). The summed E-state index contributed by atoms with van der Waals surface area (Å²) in [5.41, 5.74) is 0.195. The van der Waals surface area contributed by atoms with Gasteiger partial charge >= 0.3 is 0 Å². The van der Waals surface area contributed by atoms with E-state index in [1.54, 1.807) is 42.5 Å². The van der Waals surface area contributed by atoms with Gasteiger partial charge in [0.05, 0.1) is 7.11 Å². The van der Waals surface area contributed by atoms with Crippen molar-refractivity contribution in [1.29, 1.82) is 0 Å². The average Bonchev–Trinajstić information content (AvgIpc) is 2.54. The minimum atomic E-state index is -0.601. The van der Waals surface area contributed by atoms with Crippen LogP contribution in [0, 0.1) is 0 Å². The lowest BCUT2D eigenvalue weighted by Crippen LogP contribution is -2.25. The highest BCUT2D eigenvalue weighted by Crippen LogP contribution is 2.31. The molecule has 2 aromatic carbocycles. The van der Waals surface area contributed by atoms with Crippen molar-refractivity contribution in [2.45, 2.75) is 19.4 Å². The van der Waals surface area contributed by atoms with E-state index >= 15 is 0 Å². The lowest BCUT2D eigenvalue weighted by Gasteiger charge is -2.23. The van der Waals surface area contributed by atoms with Gasteiger partial charge in [-0.2, -0.15) is 0 Å². The van der Waals surface area contributed by atoms with Gasteiger partial charge in [0.1, 0.15) is 39.0 Å². The fraction of sp³-hybridized carbons (Fsp3) is 0.211. The Morgan fingerprint density at radius 1 is 1.04 bits per heavy atom. The van der Waals surface area contributed by atoms with E-state index in [0.29, 0.717) is 33.4 Å². The van der Waals surface area contributed by atoms with Gasteiger partial charge in [-0.3, -0.25) is 4.79 Å². The van der Waals surface area contributed by atoms with E-state index in [-0.39, 0.29) is 5.43 Å². The number of ether oxygens (including phenoxy) is 2. The van der Waals surface area contributed by atoms with Gasteiger partial charge in [-0.1, -0.05) is 18.7 Å². The van der Waals surface area contributed by atoms with Gasteiger partial charge < -0.3 is 13.9 Å². The number of fused-ring (bicyclic) bond motifs is 2. The van der Waals surface area contributed by atoms with Gasteiger partial charge in [0, 0.05) is 0 Å². The third-order valence-corrected chi connectivity index (χ3v) is 3.73. The summed E-state index contributed by atoms with van der Waals surface area (Å²) in [6.45, 7) is 7.52. The summed E-state index contributed by atoms with van der Waals surface area (Å²) in [5, 5.41) is 0.814. The molecular formula is C19H18O4. The second-order valence-electron chi connectivity index (χ2n) is 5.80. The van der Waals surface area contributed by atoms with Crippen LogP contribution in [-0.4, -0.2) is 12.7 Å². The fourth-order valence-electron chi connectivity index (χ4n) is 2.46. The second-order valence-corrected chi connectivity index (χ2v) is 5.80. The number of hydrogen-bond donors (Lipinski definition) is 0. The van der Waals surface area contributed by atoms with Crippen LogP contribution >= 0.6 is 0 Å².